The van der Waals surface area contributed by atoms with Crippen molar-refractivity contribution in [3.63, 3.8) is 0 Å². The molecule has 0 saturated heterocycles. The van der Waals surface area contributed by atoms with Crippen LogP contribution in [0.3, 0.4) is 0 Å². The molecular formula is C8H21N7O5. The predicted octanol–water partition coefficient (Wildman–Crippen LogP) is -4.79. The standard InChI is InChI=1S/C4H11NO3.C3H6N6.CH4O2/c5-4(1-6,2-7)3-8;4-1-7-2(5)9-3(6)8-1;2-1-3/h6-8H,1-3,5H2;(H6,4,5,6,7,8,9);2-3H,1H2. The first-order valence-corrected chi connectivity index (χ1v) is 5.14. The van der Waals surface area contributed by atoms with E-state index in [0.29, 0.717) is 0 Å². The number of hydrogen-bond donors (Lipinski definition) is 9. The van der Waals surface area contributed by atoms with E-state index < -0.39 is 32.2 Å². The van der Waals surface area contributed by atoms with Gasteiger partial charge < -0.3 is 48.5 Å². The SMILES string of the molecule is NC(CO)(CO)CO.Nc1nc(N)nc(N)n1.OCO. The van der Waals surface area contributed by atoms with E-state index in [1.807, 2.05) is 0 Å². The molecule has 12 heteroatoms. The number of nitrogens with zero attached hydrogens (tertiary/aromatic N) is 3. The van der Waals surface area contributed by atoms with Crippen LogP contribution in [-0.4, -0.2) is 72.6 Å². The molecule has 0 aliphatic heterocycles. The molecule has 0 saturated carbocycles. The molecule has 1 rings (SSSR count). The number of aromatic nitrogens is 3. The Morgan fingerprint density at radius 2 is 0.900 bits per heavy atom. The Morgan fingerprint density at radius 1 is 0.700 bits per heavy atom. The van der Waals surface area contributed by atoms with Crippen LogP contribution in [0.25, 0.3) is 0 Å². The Balaban J connectivity index is 0. The van der Waals surface area contributed by atoms with E-state index in [-0.39, 0.29) is 17.8 Å². The lowest BCUT2D eigenvalue weighted by molar-refractivity contribution is 0.0697. The van der Waals surface area contributed by atoms with Gasteiger partial charge in [0.2, 0.25) is 17.8 Å². The fourth-order valence-corrected chi connectivity index (χ4v) is 0.577. The van der Waals surface area contributed by atoms with Crippen LogP contribution in [0.5, 0.6) is 0 Å². The number of aliphatic hydroxyl groups is 5. The highest BCUT2D eigenvalue weighted by atomic mass is 16.5. The summed E-state index contributed by atoms with van der Waals surface area (Å²) in [4.78, 5) is 10.5. The zero-order valence-electron chi connectivity index (χ0n) is 10.7. The molecule has 0 aromatic carbocycles. The van der Waals surface area contributed by atoms with E-state index >= 15 is 0 Å². The van der Waals surface area contributed by atoms with Crippen molar-refractivity contribution in [1.29, 1.82) is 0 Å². The highest BCUT2D eigenvalue weighted by Gasteiger charge is 2.20. The maximum atomic E-state index is 8.34. The van der Waals surface area contributed by atoms with E-state index in [1.54, 1.807) is 0 Å². The molecule has 0 aliphatic rings. The molecule has 118 valence electrons. The zero-order valence-corrected chi connectivity index (χ0v) is 10.7. The van der Waals surface area contributed by atoms with Crippen LogP contribution in [0.4, 0.5) is 17.8 Å². The van der Waals surface area contributed by atoms with Gasteiger partial charge in [0.15, 0.2) is 0 Å². The maximum Gasteiger partial charge on any atom is 0.226 e. The summed E-state index contributed by atoms with van der Waals surface area (Å²) >= 11 is 0. The van der Waals surface area contributed by atoms with E-state index in [2.05, 4.69) is 15.0 Å². The summed E-state index contributed by atoms with van der Waals surface area (Å²) in [7, 11) is 0. The molecule has 0 bridgehead atoms. The number of rotatable bonds is 3. The smallest absolute Gasteiger partial charge is 0.226 e. The second kappa shape index (κ2) is 11.0. The summed E-state index contributed by atoms with van der Waals surface area (Å²) in [5.41, 5.74) is 19.3. The first-order chi connectivity index (χ1) is 9.28. The van der Waals surface area contributed by atoms with Gasteiger partial charge in [-0.15, -0.1) is 0 Å². The van der Waals surface area contributed by atoms with Gasteiger partial charge in [0.05, 0.1) is 25.4 Å². The molecule has 0 amide bonds. The van der Waals surface area contributed by atoms with Crippen LogP contribution < -0.4 is 22.9 Å². The van der Waals surface area contributed by atoms with Crippen molar-refractivity contribution in [2.75, 3.05) is 43.8 Å². The number of hydrogen-bond acceptors (Lipinski definition) is 12. The lowest BCUT2D eigenvalue weighted by Gasteiger charge is -2.20. The van der Waals surface area contributed by atoms with Crippen molar-refractivity contribution in [2.45, 2.75) is 5.54 Å². The van der Waals surface area contributed by atoms with Gasteiger partial charge in [-0.3, -0.25) is 0 Å². The summed E-state index contributed by atoms with van der Waals surface area (Å²) in [5.74, 6) is 0.125. The minimum Gasteiger partial charge on any atom is -0.394 e. The fraction of sp³-hybridized carbons (Fsp3) is 0.625. The highest BCUT2D eigenvalue weighted by molar-refractivity contribution is 5.33. The van der Waals surface area contributed by atoms with Crippen LogP contribution in [0, 0.1) is 0 Å². The summed E-state index contributed by atoms with van der Waals surface area (Å²) in [6.45, 7) is -1.96. The van der Waals surface area contributed by atoms with Gasteiger partial charge >= 0.3 is 0 Å². The van der Waals surface area contributed by atoms with E-state index in [0.717, 1.165) is 0 Å². The molecule has 0 spiro atoms. The quantitative estimate of drug-likeness (QED) is 0.238. The second-order valence-electron chi connectivity index (χ2n) is 3.39. The first-order valence-electron chi connectivity index (χ1n) is 5.14. The minimum absolute atomic E-state index is 0.0417. The van der Waals surface area contributed by atoms with Gasteiger partial charge in [0, 0.05) is 0 Å². The van der Waals surface area contributed by atoms with Crippen LogP contribution in [0.15, 0.2) is 0 Å². The molecule has 12 nitrogen and oxygen atoms in total. The van der Waals surface area contributed by atoms with Crippen molar-refractivity contribution in [2.24, 2.45) is 5.73 Å². The van der Waals surface area contributed by atoms with Crippen molar-refractivity contribution >= 4 is 17.8 Å². The van der Waals surface area contributed by atoms with Gasteiger partial charge in [0.1, 0.15) is 6.79 Å². The van der Waals surface area contributed by atoms with E-state index in [1.165, 1.54) is 0 Å². The Labute approximate surface area is 114 Å². The van der Waals surface area contributed by atoms with Crippen molar-refractivity contribution in [3.05, 3.63) is 0 Å². The molecule has 1 heterocycles. The van der Waals surface area contributed by atoms with Gasteiger partial charge in [-0.05, 0) is 0 Å². The predicted molar refractivity (Wildman–Crippen MR) is 70.5 cm³/mol. The van der Waals surface area contributed by atoms with Crippen LogP contribution in [0.2, 0.25) is 0 Å². The van der Waals surface area contributed by atoms with Crippen molar-refractivity contribution in [1.82, 2.24) is 15.0 Å². The molecule has 1 aromatic heterocycles. The van der Waals surface area contributed by atoms with Crippen LogP contribution in [0.1, 0.15) is 0 Å². The molecule has 0 atom stereocenters. The molecule has 1 aromatic rings. The lowest BCUT2D eigenvalue weighted by atomic mass is 10.1. The van der Waals surface area contributed by atoms with Crippen molar-refractivity contribution < 1.29 is 25.5 Å². The van der Waals surface area contributed by atoms with E-state index in [4.69, 9.17) is 48.5 Å². The van der Waals surface area contributed by atoms with E-state index in [9.17, 15) is 0 Å². The second-order valence-corrected chi connectivity index (χ2v) is 3.39. The third-order valence-electron chi connectivity index (χ3n) is 1.63. The number of anilines is 3. The van der Waals surface area contributed by atoms with Crippen molar-refractivity contribution in [3.8, 4) is 0 Å². The normalized spacial score (nSPS) is 9.90. The van der Waals surface area contributed by atoms with Gasteiger partial charge in [0.25, 0.3) is 0 Å². The molecular weight excluding hydrogens is 274 g/mol. The summed E-state index contributed by atoms with van der Waals surface area (Å²) < 4.78 is 0. The number of nitrogens with two attached hydrogens (primary N) is 4. The Morgan fingerprint density at radius 3 is 1.00 bits per heavy atom. The summed E-state index contributed by atoms with van der Waals surface area (Å²) in [5, 5.41) is 39.3. The minimum atomic E-state index is -1.21. The molecule has 0 aliphatic carbocycles. The third-order valence-corrected chi connectivity index (χ3v) is 1.63. The Kier molecular flexibility index (Phi) is 11.3. The largest absolute Gasteiger partial charge is 0.394 e. The molecule has 20 heavy (non-hydrogen) atoms. The molecule has 0 unspecified atom stereocenters. The third kappa shape index (κ3) is 10.1. The van der Waals surface area contributed by atoms with Crippen LogP contribution >= 0.6 is 0 Å². The average molecular weight is 295 g/mol. The topological polar surface area (TPSA) is 244 Å². The Hall–Kier alpha value is -1.83. The van der Waals surface area contributed by atoms with Gasteiger partial charge in [-0.2, -0.15) is 15.0 Å². The molecule has 0 radical (unpaired) electrons. The fourth-order valence-electron chi connectivity index (χ4n) is 0.577. The van der Waals surface area contributed by atoms with Gasteiger partial charge in [-0.1, -0.05) is 0 Å². The zero-order chi connectivity index (χ0) is 16.2. The monoisotopic (exact) mass is 295 g/mol. The molecule has 13 N–H and O–H groups in total. The number of aliphatic hydroxyl groups excluding tert-OH is 4. The summed E-state index contributed by atoms with van der Waals surface area (Å²) in [6, 6.07) is 0. The first kappa shape index (κ1) is 20.5. The lowest BCUT2D eigenvalue weighted by Crippen LogP contribution is -2.50. The maximum absolute atomic E-state index is 8.34. The number of nitrogen functional groups attached to an aromatic ring is 3. The van der Waals surface area contributed by atoms with Crippen LogP contribution in [-0.2, 0) is 0 Å². The summed E-state index contributed by atoms with van der Waals surface area (Å²) in [6.07, 6.45) is 0. The van der Waals surface area contributed by atoms with Gasteiger partial charge in [-0.25, -0.2) is 0 Å². The molecule has 0 fully saturated rings. The highest BCUT2D eigenvalue weighted by Crippen LogP contribution is 1.97. The Bertz CT molecular complexity index is 304. The average Bonchev–Trinajstić information content (AvgIpc) is 2.38.